The highest BCUT2D eigenvalue weighted by Crippen LogP contribution is 2.37. The zero-order valence-corrected chi connectivity index (χ0v) is 21.1. The van der Waals surface area contributed by atoms with Crippen LogP contribution in [-0.4, -0.2) is 57.1 Å². The minimum Gasteiger partial charge on any atom is -0.478 e. The lowest BCUT2D eigenvalue weighted by Gasteiger charge is -2.45. The van der Waals surface area contributed by atoms with Gasteiger partial charge in [-0.15, -0.1) is 0 Å². The van der Waals surface area contributed by atoms with Crippen LogP contribution in [0.2, 0.25) is 0 Å². The first-order valence-electron chi connectivity index (χ1n) is 12.0. The van der Waals surface area contributed by atoms with Crippen LogP contribution in [0.3, 0.4) is 0 Å². The summed E-state index contributed by atoms with van der Waals surface area (Å²) < 4.78 is 36.4. The fourth-order valence-electron chi connectivity index (χ4n) is 4.83. The Hall–Kier alpha value is -3.79. The van der Waals surface area contributed by atoms with Crippen molar-refractivity contribution in [3.63, 3.8) is 0 Å². The number of nitrogens with zero attached hydrogens (tertiary/aromatic N) is 4. The Morgan fingerprint density at radius 1 is 1.11 bits per heavy atom. The van der Waals surface area contributed by atoms with E-state index in [-0.39, 0.29) is 22.2 Å². The third-order valence-electron chi connectivity index (χ3n) is 6.87. The molecule has 1 aromatic heterocycles. The number of carboxylic acid groups (broad SMARTS) is 1. The molecule has 0 bridgehead atoms. The number of ether oxygens (including phenoxy) is 1. The van der Waals surface area contributed by atoms with Crippen LogP contribution in [0.15, 0.2) is 42.6 Å². The van der Waals surface area contributed by atoms with Crippen molar-refractivity contribution in [2.75, 3.05) is 24.5 Å². The summed E-state index contributed by atoms with van der Waals surface area (Å²) in [6, 6.07) is 8.75. The predicted octanol–water partition coefficient (Wildman–Crippen LogP) is 4.80. The van der Waals surface area contributed by atoms with Crippen molar-refractivity contribution in [1.82, 2.24) is 14.7 Å². The van der Waals surface area contributed by atoms with Gasteiger partial charge in [-0.3, -0.25) is 14.5 Å². The van der Waals surface area contributed by atoms with Crippen molar-refractivity contribution < 1.29 is 28.2 Å². The Morgan fingerprint density at radius 2 is 1.78 bits per heavy atom. The van der Waals surface area contributed by atoms with Gasteiger partial charge in [-0.25, -0.2) is 18.4 Å². The number of carboxylic acids is 1. The van der Waals surface area contributed by atoms with Gasteiger partial charge in [-0.05, 0) is 64.1 Å². The first kappa shape index (κ1) is 24.9. The Balaban J connectivity index is 1.34. The summed E-state index contributed by atoms with van der Waals surface area (Å²) in [6.45, 7) is 9.14. The summed E-state index contributed by atoms with van der Waals surface area (Å²) in [5.41, 5.74) is 1.13. The van der Waals surface area contributed by atoms with Crippen LogP contribution in [0, 0.1) is 18.6 Å². The molecule has 3 heterocycles. The van der Waals surface area contributed by atoms with Crippen molar-refractivity contribution in [2.24, 2.45) is 0 Å². The number of anilines is 1. The SMILES string of the molecule is Cc1c(F)ccc(-c2nn(C(C)(C)C)cc2CN2CC3(C2)CN(c2ccc(C(=O)O)cc2)C(=O)O3)c1F. The molecule has 0 atom stereocenters. The summed E-state index contributed by atoms with van der Waals surface area (Å²) >= 11 is 0. The third-order valence-corrected chi connectivity index (χ3v) is 6.87. The number of halogens is 2. The van der Waals surface area contributed by atoms with E-state index in [9.17, 15) is 14.0 Å². The van der Waals surface area contributed by atoms with E-state index in [1.54, 1.807) is 16.8 Å². The lowest BCUT2D eigenvalue weighted by Crippen LogP contribution is -2.63. The number of hydrogen-bond donors (Lipinski definition) is 1. The molecule has 1 N–H and O–H groups in total. The molecule has 3 aromatic rings. The summed E-state index contributed by atoms with van der Waals surface area (Å²) in [5, 5.41) is 13.8. The lowest BCUT2D eigenvalue weighted by atomic mass is 9.93. The summed E-state index contributed by atoms with van der Waals surface area (Å²) in [7, 11) is 0. The summed E-state index contributed by atoms with van der Waals surface area (Å²) in [5.74, 6) is -2.27. The van der Waals surface area contributed by atoms with Crippen LogP contribution in [0.5, 0.6) is 0 Å². The van der Waals surface area contributed by atoms with Gasteiger partial charge >= 0.3 is 12.1 Å². The van der Waals surface area contributed by atoms with Crippen molar-refractivity contribution in [2.45, 2.75) is 45.4 Å². The van der Waals surface area contributed by atoms with E-state index in [0.717, 1.165) is 5.56 Å². The van der Waals surface area contributed by atoms with Crippen LogP contribution >= 0.6 is 0 Å². The molecule has 10 heteroatoms. The number of benzene rings is 2. The molecule has 1 spiro atoms. The lowest BCUT2D eigenvalue weighted by molar-refractivity contribution is -0.0763. The molecule has 37 heavy (non-hydrogen) atoms. The molecule has 194 valence electrons. The third kappa shape index (κ3) is 4.46. The monoisotopic (exact) mass is 510 g/mol. The van der Waals surface area contributed by atoms with Crippen LogP contribution in [0.4, 0.5) is 19.3 Å². The maximum Gasteiger partial charge on any atom is 0.415 e. The molecule has 1 amide bonds. The second-order valence-electron chi connectivity index (χ2n) is 10.8. The van der Waals surface area contributed by atoms with Crippen molar-refractivity contribution in [3.8, 4) is 11.3 Å². The summed E-state index contributed by atoms with van der Waals surface area (Å²) in [6.07, 6.45) is 1.41. The molecule has 0 saturated carbocycles. The van der Waals surface area contributed by atoms with Crippen LogP contribution in [0.25, 0.3) is 11.3 Å². The van der Waals surface area contributed by atoms with Crippen LogP contribution in [-0.2, 0) is 16.8 Å². The molecule has 2 aromatic carbocycles. The Labute approximate surface area is 213 Å². The number of carbonyl (C=O) groups excluding carboxylic acids is 1. The quantitative estimate of drug-likeness (QED) is 0.531. The number of aromatic carboxylic acids is 1. The van der Waals surface area contributed by atoms with E-state index in [2.05, 4.69) is 10.00 Å². The predicted molar refractivity (Wildman–Crippen MR) is 133 cm³/mol. The van der Waals surface area contributed by atoms with Crippen LogP contribution < -0.4 is 4.90 Å². The van der Waals surface area contributed by atoms with Gasteiger partial charge in [0.15, 0.2) is 5.60 Å². The van der Waals surface area contributed by atoms with Gasteiger partial charge in [-0.2, -0.15) is 5.10 Å². The smallest absolute Gasteiger partial charge is 0.415 e. The van der Waals surface area contributed by atoms with Gasteiger partial charge in [0.2, 0.25) is 0 Å². The Morgan fingerprint density at radius 3 is 2.41 bits per heavy atom. The normalized spacial score (nSPS) is 17.2. The average molecular weight is 511 g/mol. The standard InChI is InChI=1S/C27H28F2N4O4/c1-16-21(28)10-9-20(22(16)29)23-18(12-33(30-23)26(2,3)4)11-31-13-27(14-31)15-32(25(36)37-27)19-7-5-17(6-8-19)24(34)35/h5-10,12H,11,13-15H2,1-4H3,(H,34,35). The highest BCUT2D eigenvalue weighted by atomic mass is 19.1. The first-order chi connectivity index (χ1) is 17.4. The zero-order chi connectivity index (χ0) is 26.7. The molecule has 0 radical (unpaired) electrons. The fourth-order valence-corrected chi connectivity index (χ4v) is 4.83. The average Bonchev–Trinajstić information content (AvgIpc) is 3.39. The van der Waals surface area contributed by atoms with E-state index in [4.69, 9.17) is 9.84 Å². The molecular formula is C27H28F2N4O4. The second kappa shape index (κ2) is 8.65. The molecule has 5 rings (SSSR count). The number of carbonyl (C=O) groups is 2. The molecule has 8 nitrogen and oxygen atoms in total. The second-order valence-corrected chi connectivity index (χ2v) is 10.8. The minimum absolute atomic E-state index is 0.0500. The highest BCUT2D eigenvalue weighted by Gasteiger charge is 2.54. The number of hydrogen-bond acceptors (Lipinski definition) is 5. The highest BCUT2D eigenvalue weighted by molar-refractivity contribution is 5.92. The van der Waals surface area contributed by atoms with E-state index in [0.29, 0.717) is 37.6 Å². The van der Waals surface area contributed by atoms with Gasteiger partial charge in [0.25, 0.3) is 0 Å². The molecule has 2 saturated heterocycles. The summed E-state index contributed by atoms with van der Waals surface area (Å²) in [4.78, 5) is 27.3. The molecule has 2 aliphatic heterocycles. The number of rotatable bonds is 5. The van der Waals surface area contributed by atoms with Gasteiger partial charge in [0.1, 0.15) is 11.6 Å². The maximum absolute atomic E-state index is 15.0. The minimum atomic E-state index is -1.04. The van der Waals surface area contributed by atoms with Gasteiger partial charge in [0.05, 0.1) is 23.3 Å². The molecule has 2 aliphatic rings. The fraction of sp³-hybridized carbons (Fsp3) is 0.370. The van der Waals surface area contributed by atoms with Crippen molar-refractivity contribution in [1.29, 1.82) is 0 Å². The Bertz CT molecular complexity index is 1390. The molecule has 0 aliphatic carbocycles. The van der Waals surface area contributed by atoms with Gasteiger partial charge in [0, 0.05) is 48.2 Å². The van der Waals surface area contributed by atoms with E-state index < -0.39 is 29.3 Å². The van der Waals surface area contributed by atoms with Gasteiger partial charge in [-0.1, -0.05) is 0 Å². The topological polar surface area (TPSA) is 87.9 Å². The molecular weight excluding hydrogens is 482 g/mol. The Kier molecular flexibility index (Phi) is 5.82. The zero-order valence-electron chi connectivity index (χ0n) is 21.1. The number of amides is 1. The van der Waals surface area contributed by atoms with Crippen LogP contribution in [0.1, 0.15) is 42.3 Å². The molecule has 0 unspecified atom stereocenters. The van der Waals surface area contributed by atoms with E-state index in [1.807, 2.05) is 27.0 Å². The van der Waals surface area contributed by atoms with E-state index in [1.165, 1.54) is 36.1 Å². The van der Waals surface area contributed by atoms with Crippen molar-refractivity contribution >= 4 is 17.7 Å². The largest absolute Gasteiger partial charge is 0.478 e. The first-order valence-corrected chi connectivity index (χ1v) is 12.0. The number of aromatic nitrogens is 2. The van der Waals surface area contributed by atoms with Crippen molar-refractivity contribution in [3.05, 3.63) is 70.9 Å². The van der Waals surface area contributed by atoms with Gasteiger partial charge < -0.3 is 9.84 Å². The maximum atomic E-state index is 15.0. The molecule has 2 fully saturated rings. The number of likely N-dealkylation sites (tertiary alicyclic amines) is 1. The van der Waals surface area contributed by atoms with E-state index >= 15 is 4.39 Å².